The summed E-state index contributed by atoms with van der Waals surface area (Å²) < 4.78 is 1.85. The van der Waals surface area contributed by atoms with E-state index in [1.165, 1.54) is 0 Å². The predicted molar refractivity (Wildman–Crippen MR) is 48.8 cm³/mol. The molecule has 0 aromatic carbocycles. The molecule has 8 heavy (non-hydrogen) atoms. The van der Waals surface area contributed by atoms with Crippen molar-refractivity contribution in [2.24, 2.45) is 5.10 Å². The van der Waals surface area contributed by atoms with Crippen LogP contribution < -0.4 is 0 Å². The first-order chi connectivity index (χ1) is 3.81. The number of hydrogen-bond donors (Lipinski definition) is 0. The lowest BCUT2D eigenvalue weighted by Crippen LogP contribution is -1.92. The van der Waals surface area contributed by atoms with E-state index in [4.69, 9.17) is 0 Å². The molecule has 2 nitrogen and oxygen atoms in total. The van der Waals surface area contributed by atoms with Crippen LogP contribution in [0.3, 0.4) is 0 Å². The lowest BCUT2D eigenvalue weighted by atomic mass is 10.7. The summed E-state index contributed by atoms with van der Waals surface area (Å²) in [5, 5.41) is 3.96. The molecule has 46 valence electrons. The molecule has 0 fully saturated rings. The number of hydrogen-bond acceptors (Lipinski definition) is 2. The molecule has 0 amide bonds. The average molecular weight is 242 g/mol. The van der Waals surface area contributed by atoms with Gasteiger partial charge in [0.2, 0.25) is 0 Å². The van der Waals surface area contributed by atoms with Crippen LogP contribution in [-0.2, 0) is 0 Å². The lowest BCUT2D eigenvalue weighted by Gasteiger charge is -2.04. The lowest BCUT2D eigenvalue weighted by molar-refractivity contribution is 0.618. The fourth-order valence-corrected chi connectivity index (χ4v) is 0.653. The molecule has 1 unspecified atom stereocenters. The minimum Gasteiger partial charge on any atom is -0.273 e. The van der Waals surface area contributed by atoms with E-state index in [-0.39, 0.29) is 0 Å². The fraction of sp³-hybridized carbons (Fsp3) is 0.250. The third-order valence-electron chi connectivity index (χ3n) is 0.468. The van der Waals surface area contributed by atoms with Crippen molar-refractivity contribution in [2.75, 3.05) is 7.05 Å². The molecule has 0 rings (SSSR count). The van der Waals surface area contributed by atoms with E-state index in [0.29, 0.717) is 6.37 Å². The summed E-state index contributed by atoms with van der Waals surface area (Å²) in [6.45, 7) is 3.49. The molecule has 1 atom stereocenters. The minimum atomic E-state index is 0.699. The van der Waals surface area contributed by atoms with Crippen molar-refractivity contribution in [3.8, 4) is 0 Å². The van der Waals surface area contributed by atoms with Crippen LogP contribution >= 0.6 is 28.4 Å². The second-order valence-corrected chi connectivity index (χ2v) is 3.37. The zero-order valence-electron chi connectivity index (χ0n) is 4.63. The standard InChI is InChI=1S/C4H8IN2P/c1-3-4-6-7(2)8-5/h3-4,8H,1H2,2H3/b6-4-. The third kappa shape index (κ3) is 4.53. The quantitative estimate of drug-likeness (QED) is 0.320. The van der Waals surface area contributed by atoms with E-state index in [9.17, 15) is 0 Å². The maximum atomic E-state index is 3.96. The molecule has 0 aromatic heterocycles. The SMILES string of the molecule is C=C/C=N\N(C)PI. The molecule has 0 bridgehead atoms. The van der Waals surface area contributed by atoms with Crippen LogP contribution in [0.4, 0.5) is 0 Å². The van der Waals surface area contributed by atoms with Crippen molar-refractivity contribution in [3.05, 3.63) is 12.7 Å². The topological polar surface area (TPSA) is 15.6 Å². The molecule has 0 heterocycles. The van der Waals surface area contributed by atoms with Gasteiger partial charge in [0, 0.05) is 13.3 Å². The molecule has 0 spiro atoms. The molecule has 0 aliphatic carbocycles. The first-order valence-corrected chi connectivity index (χ1v) is 6.12. The van der Waals surface area contributed by atoms with Crippen LogP contribution in [-0.4, -0.2) is 18.0 Å². The van der Waals surface area contributed by atoms with Crippen LogP contribution in [0.2, 0.25) is 0 Å². The van der Waals surface area contributed by atoms with Gasteiger partial charge in [0.05, 0.1) is 6.37 Å². The zero-order valence-corrected chi connectivity index (χ0v) is 7.79. The van der Waals surface area contributed by atoms with Gasteiger partial charge in [-0.1, -0.05) is 6.58 Å². The summed E-state index contributed by atoms with van der Waals surface area (Å²) in [6.07, 6.45) is 4.03. The van der Waals surface area contributed by atoms with Gasteiger partial charge < -0.3 is 0 Å². The second-order valence-electron chi connectivity index (χ2n) is 1.11. The molecule has 4 heteroatoms. The number of nitrogens with zero attached hydrogens (tertiary/aromatic N) is 2. The Bertz CT molecular complexity index is 94.0. The summed E-state index contributed by atoms with van der Waals surface area (Å²) in [7, 11) is 1.92. The van der Waals surface area contributed by atoms with Gasteiger partial charge in [0.25, 0.3) is 0 Å². The highest BCUT2D eigenvalue weighted by Crippen LogP contribution is 2.24. The number of halogens is 1. The monoisotopic (exact) mass is 242 g/mol. The number of allylic oxidation sites excluding steroid dienone is 1. The number of rotatable bonds is 3. The molecule has 0 N–H and O–H groups in total. The van der Waals surface area contributed by atoms with Crippen molar-refractivity contribution in [2.45, 2.75) is 0 Å². The van der Waals surface area contributed by atoms with Gasteiger partial charge in [-0.15, -0.1) is 0 Å². The summed E-state index contributed by atoms with van der Waals surface area (Å²) >= 11 is 2.26. The number of hydrazone groups is 1. The summed E-state index contributed by atoms with van der Waals surface area (Å²) in [4.78, 5) is 0. The van der Waals surface area contributed by atoms with Gasteiger partial charge in [-0.25, -0.2) is 0 Å². The Balaban J connectivity index is 3.35. The first-order valence-electron chi connectivity index (χ1n) is 2.06. The largest absolute Gasteiger partial charge is 0.273 e. The minimum absolute atomic E-state index is 0.699. The summed E-state index contributed by atoms with van der Waals surface area (Å²) in [5.41, 5.74) is 0. The Labute approximate surface area is 64.3 Å². The normalized spacial score (nSPS) is 11.2. The molecule has 0 radical (unpaired) electrons. The maximum absolute atomic E-state index is 3.96. The highest BCUT2D eigenvalue weighted by atomic mass is 127. The predicted octanol–water partition coefficient (Wildman–Crippen LogP) is 2.03. The Morgan fingerprint density at radius 3 is 2.88 bits per heavy atom. The van der Waals surface area contributed by atoms with Crippen molar-refractivity contribution in [1.82, 2.24) is 4.78 Å². The average Bonchev–Trinajstić information content (AvgIpc) is 1.83. The van der Waals surface area contributed by atoms with Gasteiger partial charge in [-0.2, -0.15) is 5.10 Å². The molecular formula is C4H8IN2P. The molecule has 0 saturated carbocycles. The molecule has 0 aliphatic heterocycles. The van der Waals surface area contributed by atoms with Gasteiger partial charge in [-0.05, 0) is 28.1 Å². The maximum Gasteiger partial charge on any atom is 0.0616 e. The van der Waals surface area contributed by atoms with E-state index in [2.05, 4.69) is 33.7 Å². The highest BCUT2D eigenvalue weighted by molar-refractivity contribution is 14.2. The van der Waals surface area contributed by atoms with E-state index in [0.717, 1.165) is 0 Å². The van der Waals surface area contributed by atoms with Gasteiger partial charge >= 0.3 is 0 Å². The van der Waals surface area contributed by atoms with E-state index in [1.54, 1.807) is 12.3 Å². The van der Waals surface area contributed by atoms with E-state index in [1.807, 2.05) is 11.8 Å². The van der Waals surface area contributed by atoms with Crippen molar-refractivity contribution in [3.63, 3.8) is 0 Å². The Kier molecular flexibility index (Phi) is 5.76. The molecular weight excluding hydrogens is 234 g/mol. The second kappa shape index (κ2) is 5.51. The third-order valence-corrected chi connectivity index (χ3v) is 2.92. The molecule has 0 saturated heterocycles. The Morgan fingerprint density at radius 1 is 1.88 bits per heavy atom. The zero-order chi connectivity index (χ0) is 6.41. The van der Waals surface area contributed by atoms with Crippen molar-refractivity contribution in [1.29, 1.82) is 0 Å². The Hall–Kier alpha value is 0.370. The van der Waals surface area contributed by atoms with Crippen LogP contribution in [0.5, 0.6) is 0 Å². The smallest absolute Gasteiger partial charge is 0.0616 e. The van der Waals surface area contributed by atoms with Crippen LogP contribution in [0.25, 0.3) is 0 Å². The molecule has 0 aromatic rings. The van der Waals surface area contributed by atoms with E-state index < -0.39 is 0 Å². The summed E-state index contributed by atoms with van der Waals surface area (Å²) in [5.74, 6) is 0. The van der Waals surface area contributed by atoms with Crippen molar-refractivity contribution >= 4 is 34.6 Å². The highest BCUT2D eigenvalue weighted by Gasteiger charge is 1.80. The van der Waals surface area contributed by atoms with Gasteiger partial charge in [0.15, 0.2) is 0 Å². The first kappa shape index (κ1) is 8.37. The van der Waals surface area contributed by atoms with Crippen LogP contribution in [0.1, 0.15) is 0 Å². The van der Waals surface area contributed by atoms with E-state index >= 15 is 0 Å². The fourth-order valence-electron chi connectivity index (χ4n) is 0.169. The van der Waals surface area contributed by atoms with Crippen LogP contribution in [0.15, 0.2) is 17.8 Å². The van der Waals surface area contributed by atoms with Gasteiger partial charge in [0.1, 0.15) is 0 Å². The van der Waals surface area contributed by atoms with Crippen LogP contribution in [0, 0.1) is 0 Å². The van der Waals surface area contributed by atoms with Gasteiger partial charge in [-0.3, -0.25) is 4.78 Å². The van der Waals surface area contributed by atoms with Crippen molar-refractivity contribution < 1.29 is 0 Å². The summed E-state index contributed by atoms with van der Waals surface area (Å²) in [6, 6.07) is 0. The Morgan fingerprint density at radius 2 is 2.50 bits per heavy atom. The molecule has 0 aliphatic rings.